The average molecular weight is 499 g/mol. The van der Waals surface area contributed by atoms with Gasteiger partial charge in [-0.3, -0.25) is 4.79 Å². The Morgan fingerprint density at radius 3 is 1.53 bits per heavy atom. The van der Waals surface area contributed by atoms with E-state index in [4.69, 9.17) is 0 Å². The van der Waals surface area contributed by atoms with Crippen molar-refractivity contribution in [2.75, 3.05) is 38.7 Å². The summed E-state index contributed by atoms with van der Waals surface area (Å²) in [5, 5.41) is 3.12. The van der Waals surface area contributed by atoms with Crippen LogP contribution in [0.1, 0.15) is 143 Å². The zero-order chi connectivity index (χ0) is 25.3. The Kier molecular flexibility index (Phi) is 24.3. The van der Waals surface area contributed by atoms with Crippen LogP contribution in [0.4, 0.5) is 0 Å². The summed E-state index contributed by atoms with van der Waals surface area (Å²) in [5.74, 6) is 2.96. The Balaban J connectivity index is 3.23. The number of thioether (sulfide) groups is 1. The van der Waals surface area contributed by atoms with Crippen molar-refractivity contribution in [3.63, 3.8) is 0 Å². The van der Waals surface area contributed by atoms with Gasteiger partial charge in [0.2, 0.25) is 5.91 Å². The second-order valence-electron chi connectivity index (χ2n) is 11.6. The molecule has 3 nitrogen and oxygen atoms in total. The minimum atomic E-state index is 0.130. The topological polar surface area (TPSA) is 32.3 Å². The Morgan fingerprint density at radius 2 is 1.09 bits per heavy atom. The van der Waals surface area contributed by atoms with Gasteiger partial charge in [-0.25, -0.2) is 0 Å². The Bertz CT molecular complexity index is 440. The molecule has 0 aromatic carbocycles. The second kappa shape index (κ2) is 24.5. The predicted octanol–water partition coefficient (Wildman–Crippen LogP) is 8.86. The first-order valence-corrected chi connectivity index (χ1v) is 16.0. The van der Waals surface area contributed by atoms with E-state index in [1.807, 2.05) is 0 Å². The van der Waals surface area contributed by atoms with Gasteiger partial charge in [0.15, 0.2) is 0 Å². The minimum Gasteiger partial charge on any atom is -0.356 e. The summed E-state index contributed by atoms with van der Waals surface area (Å²) in [4.78, 5) is 14.2. The summed E-state index contributed by atoms with van der Waals surface area (Å²) in [6.45, 7) is 8.48. The normalized spacial score (nSPS) is 11.9. The number of hydrogen-bond acceptors (Lipinski definition) is 3. The maximum Gasteiger partial charge on any atom is 0.220 e. The van der Waals surface area contributed by atoms with Gasteiger partial charge in [0.1, 0.15) is 0 Å². The van der Waals surface area contributed by atoms with Crippen LogP contribution in [0.2, 0.25) is 0 Å². The van der Waals surface area contributed by atoms with Gasteiger partial charge in [-0.05, 0) is 50.3 Å². The molecule has 0 saturated heterocycles. The fourth-order valence-electron chi connectivity index (χ4n) is 4.68. The molecule has 0 aliphatic heterocycles. The number of unbranched alkanes of at least 4 members (excludes halogenated alkanes) is 16. The number of amides is 1. The third-order valence-corrected chi connectivity index (χ3v) is 7.75. The van der Waals surface area contributed by atoms with E-state index in [9.17, 15) is 4.79 Å². The summed E-state index contributed by atoms with van der Waals surface area (Å²) in [5.41, 5.74) is 0.130. The molecule has 34 heavy (non-hydrogen) atoms. The highest BCUT2D eigenvalue weighted by Crippen LogP contribution is 2.16. The van der Waals surface area contributed by atoms with Crippen molar-refractivity contribution in [1.82, 2.24) is 10.2 Å². The minimum absolute atomic E-state index is 0.130. The van der Waals surface area contributed by atoms with Crippen molar-refractivity contribution < 1.29 is 4.79 Å². The van der Waals surface area contributed by atoms with Crippen LogP contribution in [0.15, 0.2) is 0 Å². The summed E-state index contributed by atoms with van der Waals surface area (Å²) < 4.78 is 0. The quantitative estimate of drug-likeness (QED) is 0.121. The van der Waals surface area contributed by atoms with Crippen LogP contribution in [-0.2, 0) is 4.79 Å². The second-order valence-corrected chi connectivity index (χ2v) is 12.8. The van der Waals surface area contributed by atoms with Gasteiger partial charge in [-0.2, -0.15) is 11.8 Å². The molecule has 0 saturated carbocycles. The molecule has 0 unspecified atom stereocenters. The average Bonchev–Trinajstić information content (AvgIpc) is 2.78. The van der Waals surface area contributed by atoms with Gasteiger partial charge in [-0.15, -0.1) is 0 Å². The van der Waals surface area contributed by atoms with Crippen molar-refractivity contribution in [2.24, 2.45) is 5.41 Å². The Hall–Kier alpha value is -0.220. The number of nitrogens with one attached hydrogen (secondary N) is 1. The van der Waals surface area contributed by atoms with Crippen LogP contribution in [0.3, 0.4) is 0 Å². The third-order valence-electron chi connectivity index (χ3n) is 6.59. The Morgan fingerprint density at radius 1 is 0.676 bits per heavy atom. The molecule has 0 fully saturated rings. The predicted molar refractivity (Wildman–Crippen MR) is 156 cm³/mol. The molecule has 0 radical (unpaired) electrons. The number of nitrogens with zero attached hydrogens (tertiary/aromatic N) is 1. The summed E-state index contributed by atoms with van der Waals surface area (Å²) in [7, 11) is 4.17. The molecule has 0 aromatic rings. The monoisotopic (exact) mass is 498 g/mol. The lowest BCUT2D eigenvalue weighted by Crippen LogP contribution is -2.39. The molecule has 0 aliphatic rings. The van der Waals surface area contributed by atoms with Crippen LogP contribution < -0.4 is 5.32 Å². The summed E-state index contributed by atoms with van der Waals surface area (Å²) in [6.07, 6.45) is 25.5. The van der Waals surface area contributed by atoms with Gasteiger partial charge < -0.3 is 10.2 Å². The van der Waals surface area contributed by atoms with Crippen molar-refractivity contribution in [1.29, 1.82) is 0 Å². The van der Waals surface area contributed by atoms with E-state index in [1.165, 1.54) is 121 Å². The zero-order valence-electron chi connectivity index (χ0n) is 24.0. The number of carbonyl (C=O) groups is 1. The van der Waals surface area contributed by atoms with Crippen molar-refractivity contribution in [2.45, 2.75) is 143 Å². The van der Waals surface area contributed by atoms with E-state index >= 15 is 0 Å². The first-order valence-electron chi connectivity index (χ1n) is 14.9. The molecular weight excluding hydrogens is 436 g/mol. The maximum absolute atomic E-state index is 12.0. The van der Waals surface area contributed by atoms with Crippen molar-refractivity contribution >= 4 is 17.7 Å². The van der Waals surface area contributed by atoms with Crippen molar-refractivity contribution in [3.8, 4) is 0 Å². The SMILES string of the molecule is CCCCCCCCCCCCSCCCCCCCCCCC(=O)NCC(C)(C)CN(C)C. The van der Waals surface area contributed by atoms with E-state index < -0.39 is 0 Å². The highest BCUT2D eigenvalue weighted by Gasteiger charge is 2.19. The molecule has 0 aliphatic carbocycles. The van der Waals surface area contributed by atoms with Crippen LogP contribution in [0.25, 0.3) is 0 Å². The van der Waals surface area contributed by atoms with Crippen LogP contribution in [-0.4, -0.2) is 49.5 Å². The van der Waals surface area contributed by atoms with Crippen LogP contribution in [0.5, 0.6) is 0 Å². The molecule has 1 amide bonds. The van der Waals surface area contributed by atoms with E-state index in [-0.39, 0.29) is 11.3 Å². The number of hydrogen-bond donors (Lipinski definition) is 1. The summed E-state index contributed by atoms with van der Waals surface area (Å²) >= 11 is 2.18. The highest BCUT2D eigenvalue weighted by molar-refractivity contribution is 7.99. The first kappa shape index (κ1) is 33.8. The molecule has 4 heteroatoms. The zero-order valence-corrected chi connectivity index (χ0v) is 24.8. The lowest BCUT2D eigenvalue weighted by molar-refractivity contribution is -0.121. The van der Waals surface area contributed by atoms with Gasteiger partial charge in [0.25, 0.3) is 0 Å². The molecule has 0 bridgehead atoms. The van der Waals surface area contributed by atoms with Crippen molar-refractivity contribution in [3.05, 3.63) is 0 Å². The highest BCUT2D eigenvalue weighted by atomic mass is 32.2. The fourth-order valence-corrected chi connectivity index (χ4v) is 5.70. The van der Waals surface area contributed by atoms with Crippen LogP contribution in [0, 0.1) is 5.41 Å². The fraction of sp³-hybridized carbons (Fsp3) is 0.967. The molecule has 0 spiro atoms. The van der Waals surface area contributed by atoms with Gasteiger partial charge in [0.05, 0.1) is 0 Å². The molecule has 0 heterocycles. The first-order chi connectivity index (χ1) is 16.4. The van der Waals surface area contributed by atoms with Gasteiger partial charge in [-0.1, -0.05) is 117 Å². The van der Waals surface area contributed by atoms with E-state index in [1.54, 1.807) is 0 Å². The summed E-state index contributed by atoms with van der Waals surface area (Å²) in [6, 6.07) is 0. The Labute approximate surface area is 219 Å². The van der Waals surface area contributed by atoms with E-state index in [0.29, 0.717) is 6.42 Å². The molecule has 204 valence electrons. The molecular formula is C30H62N2OS. The maximum atomic E-state index is 12.0. The standard InChI is InChI=1S/C30H62N2OS/c1-6-7-8-9-10-11-13-16-19-22-25-34-26-23-20-17-14-12-15-18-21-24-29(33)31-27-30(2,3)28-32(4)5/h6-28H2,1-5H3,(H,31,33). The van der Waals surface area contributed by atoms with E-state index in [2.05, 4.69) is 56.8 Å². The van der Waals surface area contributed by atoms with Gasteiger partial charge >= 0.3 is 0 Å². The van der Waals surface area contributed by atoms with Gasteiger partial charge in [0, 0.05) is 19.5 Å². The largest absolute Gasteiger partial charge is 0.356 e. The lowest BCUT2D eigenvalue weighted by Gasteiger charge is -2.28. The lowest BCUT2D eigenvalue weighted by atomic mass is 9.93. The molecule has 0 rings (SSSR count). The molecule has 0 atom stereocenters. The number of carbonyl (C=O) groups excluding carboxylic acids is 1. The third kappa shape index (κ3) is 26.4. The van der Waals surface area contributed by atoms with E-state index in [0.717, 1.165) is 19.5 Å². The van der Waals surface area contributed by atoms with Crippen LogP contribution >= 0.6 is 11.8 Å². The smallest absolute Gasteiger partial charge is 0.220 e. The molecule has 1 N–H and O–H groups in total. The number of rotatable bonds is 26. The molecule has 0 aromatic heterocycles.